The van der Waals surface area contributed by atoms with Crippen LogP contribution in [-0.2, 0) is 0 Å². The molecular weight excluding hydrogens is 329 g/mol. The van der Waals surface area contributed by atoms with Crippen molar-refractivity contribution in [3.63, 3.8) is 0 Å². The van der Waals surface area contributed by atoms with Crippen molar-refractivity contribution < 1.29 is 9.18 Å². The summed E-state index contributed by atoms with van der Waals surface area (Å²) >= 11 is 6.27. The molecule has 2 nitrogen and oxygen atoms in total. The van der Waals surface area contributed by atoms with Crippen molar-refractivity contribution in [1.29, 1.82) is 0 Å². The lowest BCUT2D eigenvalue weighted by Gasteiger charge is -2.16. The van der Waals surface area contributed by atoms with Crippen LogP contribution in [0.4, 0.5) is 10.1 Å². The van der Waals surface area contributed by atoms with Crippen molar-refractivity contribution >= 4 is 49.5 Å². The molecule has 0 bridgehead atoms. The van der Waals surface area contributed by atoms with Crippen molar-refractivity contribution in [3.05, 3.63) is 26.4 Å². The average molecular weight is 335 g/mol. The molecule has 1 aromatic carbocycles. The maximum atomic E-state index is 13.4. The van der Waals surface area contributed by atoms with Crippen LogP contribution >= 0.6 is 31.9 Å². The number of rotatable bonds is 0. The fraction of sp³-hybridized carbons (Fsp3) is 0.200. The predicted molar refractivity (Wildman–Crippen MR) is 63.4 cm³/mol. The van der Waals surface area contributed by atoms with E-state index in [-0.39, 0.29) is 16.2 Å². The van der Waals surface area contributed by atoms with Crippen molar-refractivity contribution in [1.82, 2.24) is 0 Å². The summed E-state index contributed by atoms with van der Waals surface area (Å²) in [5.74, 6) is -0.882. The molecule has 0 fully saturated rings. The second-order valence-corrected chi connectivity index (χ2v) is 4.96. The van der Waals surface area contributed by atoms with Gasteiger partial charge in [0.15, 0.2) is 5.78 Å². The zero-order chi connectivity index (χ0) is 11.2. The van der Waals surface area contributed by atoms with Crippen LogP contribution in [0.15, 0.2) is 20.0 Å². The van der Waals surface area contributed by atoms with Gasteiger partial charge in [-0.1, -0.05) is 6.92 Å². The van der Waals surface area contributed by atoms with Crippen LogP contribution in [-0.4, -0.2) is 12.0 Å². The van der Waals surface area contributed by atoms with E-state index in [9.17, 15) is 9.18 Å². The van der Waals surface area contributed by atoms with E-state index in [4.69, 9.17) is 0 Å². The number of hydrogen-bond acceptors (Lipinski definition) is 2. The van der Waals surface area contributed by atoms with Crippen molar-refractivity contribution in [2.24, 2.45) is 10.9 Å². The van der Waals surface area contributed by atoms with Gasteiger partial charge in [0.25, 0.3) is 0 Å². The third kappa shape index (κ3) is 1.67. The van der Waals surface area contributed by atoms with Gasteiger partial charge in [0.05, 0.1) is 21.6 Å². The summed E-state index contributed by atoms with van der Waals surface area (Å²) < 4.78 is 14.1. The highest BCUT2D eigenvalue weighted by Gasteiger charge is 2.27. The Balaban J connectivity index is 2.78. The molecule has 1 aromatic rings. The van der Waals surface area contributed by atoms with Gasteiger partial charge in [-0.3, -0.25) is 9.79 Å². The van der Waals surface area contributed by atoms with Crippen LogP contribution in [0.3, 0.4) is 0 Å². The summed E-state index contributed by atoms with van der Waals surface area (Å²) in [6, 6.07) is 1.30. The first-order valence-corrected chi connectivity index (χ1v) is 5.87. The highest BCUT2D eigenvalue weighted by molar-refractivity contribution is 9.11. The summed E-state index contributed by atoms with van der Waals surface area (Å²) in [7, 11) is 0. The molecule has 1 atom stereocenters. The molecule has 0 saturated carbocycles. The Hall–Kier alpha value is -0.550. The Bertz CT molecular complexity index is 485. The molecule has 0 amide bonds. The average Bonchev–Trinajstić information content (AvgIpc) is 2.19. The Labute approximate surface area is 103 Å². The number of carbonyl (C=O) groups is 1. The summed E-state index contributed by atoms with van der Waals surface area (Å²) in [6.45, 7) is 1.74. The third-order valence-corrected chi connectivity index (χ3v) is 3.61. The Morgan fingerprint density at radius 2 is 2.13 bits per heavy atom. The first kappa shape index (κ1) is 11.0. The third-order valence-electron chi connectivity index (χ3n) is 2.23. The molecule has 0 aromatic heterocycles. The van der Waals surface area contributed by atoms with Gasteiger partial charge in [-0.05, 0) is 37.9 Å². The van der Waals surface area contributed by atoms with Gasteiger partial charge in [0.1, 0.15) is 5.82 Å². The molecule has 0 spiro atoms. The largest absolute Gasteiger partial charge is 0.293 e. The van der Waals surface area contributed by atoms with E-state index < -0.39 is 5.82 Å². The number of aliphatic imine (C=N–C) groups is 1. The van der Waals surface area contributed by atoms with Crippen LogP contribution in [0.1, 0.15) is 17.3 Å². The number of carbonyl (C=O) groups excluding carboxylic acids is 1. The van der Waals surface area contributed by atoms with Crippen LogP contribution in [0.25, 0.3) is 0 Å². The molecule has 0 radical (unpaired) electrons. The van der Waals surface area contributed by atoms with Crippen molar-refractivity contribution in [2.75, 3.05) is 0 Å². The van der Waals surface area contributed by atoms with E-state index in [1.54, 1.807) is 13.1 Å². The van der Waals surface area contributed by atoms with E-state index in [0.29, 0.717) is 15.7 Å². The van der Waals surface area contributed by atoms with Gasteiger partial charge in [0, 0.05) is 10.7 Å². The molecule has 0 saturated heterocycles. The minimum absolute atomic E-state index is 0.118. The van der Waals surface area contributed by atoms with E-state index in [1.165, 1.54) is 6.07 Å². The van der Waals surface area contributed by atoms with Gasteiger partial charge in [0.2, 0.25) is 0 Å². The Morgan fingerprint density at radius 1 is 1.47 bits per heavy atom. The molecule has 0 N–H and O–H groups in total. The molecule has 5 heteroatoms. The maximum Gasteiger partial charge on any atom is 0.174 e. The lowest BCUT2D eigenvalue weighted by Crippen LogP contribution is -2.17. The number of nitrogens with zero attached hydrogens (tertiary/aromatic N) is 1. The van der Waals surface area contributed by atoms with Gasteiger partial charge in [-0.25, -0.2) is 4.39 Å². The first-order valence-electron chi connectivity index (χ1n) is 4.28. The quantitative estimate of drug-likeness (QED) is 0.662. The molecule has 1 unspecified atom stereocenters. The van der Waals surface area contributed by atoms with Gasteiger partial charge < -0.3 is 0 Å². The van der Waals surface area contributed by atoms with E-state index >= 15 is 0 Å². The molecule has 1 aliphatic rings. The fourth-order valence-corrected chi connectivity index (χ4v) is 2.42. The SMILES string of the molecule is CC1C=Nc2c(Br)cc(F)c(Br)c2C1=O. The predicted octanol–water partition coefficient (Wildman–Crippen LogP) is 3.89. The van der Waals surface area contributed by atoms with E-state index in [1.807, 2.05) is 0 Å². The normalized spacial score (nSPS) is 19.2. The standard InChI is InChI=1S/C10H6Br2FNO/c1-4-3-14-9-5(11)2-6(13)8(12)7(9)10(4)15/h2-4H,1H3. The van der Waals surface area contributed by atoms with Gasteiger partial charge in [-0.2, -0.15) is 0 Å². The van der Waals surface area contributed by atoms with Gasteiger partial charge in [-0.15, -0.1) is 0 Å². The fourth-order valence-electron chi connectivity index (χ4n) is 1.42. The molecule has 0 aliphatic carbocycles. The molecule has 2 rings (SSSR count). The zero-order valence-corrected chi connectivity index (χ0v) is 10.9. The second kappa shape index (κ2) is 3.79. The van der Waals surface area contributed by atoms with Crippen LogP contribution in [0.2, 0.25) is 0 Å². The van der Waals surface area contributed by atoms with Crippen LogP contribution in [0, 0.1) is 11.7 Å². The zero-order valence-electron chi connectivity index (χ0n) is 7.72. The number of hydrogen-bond donors (Lipinski definition) is 0. The van der Waals surface area contributed by atoms with Crippen molar-refractivity contribution in [2.45, 2.75) is 6.92 Å². The molecule has 1 aliphatic heterocycles. The molecule has 78 valence electrons. The summed E-state index contributed by atoms with van der Waals surface area (Å²) in [5.41, 5.74) is 0.809. The Morgan fingerprint density at radius 3 is 2.80 bits per heavy atom. The van der Waals surface area contributed by atoms with E-state index in [0.717, 1.165) is 0 Å². The lowest BCUT2D eigenvalue weighted by molar-refractivity contribution is 0.0961. The number of ketones is 1. The topological polar surface area (TPSA) is 29.4 Å². The lowest BCUT2D eigenvalue weighted by atomic mass is 9.96. The first-order chi connectivity index (χ1) is 7.02. The number of benzene rings is 1. The molecular formula is C10H6Br2FNO. The second-order valence-electron chi connectivity index (χ2n) is 3.31. The molecule has 15 heavy (non-hydrogen) atoms. The molecule has 1 heterocycles. The highest BCUT2D eigenvalue weighted by atomic mass is 79.9. The van der Waals surface area contributed by atoms with E-state index in [2.05, 4.69) is 36.9 Å². The smallest absolute Gasteiger partial charge is 0.174 e. The van der Waals surface area contributed by atoms with Crippen molar-refractivity contribution in [3.8, 4) is 0 Å². The Kier molecular flexibility index (Phi) is 2.77. The monoisotopic (exact) mass is 333 g/mol. The van der Waals surface area contributed by atoms with Gasteiger partial charge >= 0.3 is 0 Å². The highest BCUT2D eigenvalue weighted by Crippen LogP contribution is 2.39. The number of fused-ring (bicyclic) bond motifs is 1. The minimum Gasteiger partial charge on any atom is -0.293 e. The number of halogens is 3. The van der Waals surface area contributed by atoms with Crippen LogP contribution in [0.5, 0.6) is 0 Å². The maximum absolute atomic E-state index is 13.4. The summed E-state index contributed by atoms with van der Waals surface area (Å²) in [5, 5.41) is 0. The van der Waals surface area contributed by atoms with Crippen LogP contribution < -0.4 is 0 Å². The summed E-state index contributed by atoms with van der Waals surface area (Å²) in [4.78, 5) is 16.0. The summed E-state index contributed by atoms with van der Waals surface area (Å²) in [6.07, 6.45) is 1.57. The minimum atomic E-state index is -0.460. The number of Topliss-reactive ketones (excluding diaryl/α,β-unsaturated/α-hetero) is 1.